The maximum atomic E-state index is 12.2. The van der Waals surface area contributed by atoms with E-state index in [1.165, 1.54) is 0 Å². The molecule has 9 nitrogen and oxygen atoms in total. The number of carbonyl (C=O) groups is 2. The van der Waals surface area contributed by atoms with Crippen molar-refractivity contribution in [1.29, 1.82) is 0 Å². The number of methoxy groups -OCH3 is 1. The van der Waals surface area contributed by atoms with Gasteiger partial charge in [0.05, 0.1) is 19.0 Å². The number of rotatable bonds is 6. The largest absolute Gasteiger partial charge is 0.497 e. The minimum atomic E-state index is -0.502. The molecule has 172 valence electrons. The molecule has 1 N–H and O–H groups in total. The van der Waals surface area contributed by atoms with Crippen LogP contribution in [0.1, 0.15) is 20.8 Å². The van der Waals surface area contributed by atoms with Crippen LogP contribution < -0.4 is 19.7 Å². The van der Waals surface area contributed by atoms with Gasteiger partial charge >= 0.3 is 6.09 Å². The summed E-state index contributed by atoms with van der Waals surface area (Å²) in [6, 6.07) is 10.7. The molecule has 1 aromatic carbocycles. The Morgan fingerprint density at radius 3 is 2.22 bits per heavy atom. The summed E-state index contributed by atoms with van der Waals surface area (Å²) in [5.74, 6) is 1.45. The van der Waals surface area contributed by atoms with E-state index >= 15 is 0 Å². The van der Waals surface area contributed by atoms with Crippen LogP contribution in [0.25, 0.3) is 0 Å². The first-order valence-electron chi connectivity index (χ1n) is 10.5. The van der Waals surface area contributed by atoms with Gasteiger partial charge in [-0.3, -0.25) is 4.79 Å². The number of anilines is 2. The number of aromatic nitrogens is 1. The topological polar surface area (TPSA) is 93.2 Å². The number of benzene rings is 1. The zero-order valence-electron chi connectivity index (χ0n) is 19.0. The summed E-state index contributed by atoms with van der Waals surface area (Å²) in [6.07, 6.45) is 1.42. The molecule has 1 aromatic heterocycles. The number of piperazine rings is 1. The molecule has 32 heavy (non-hydrogen) atoms. The molecule has 1 aliphatic rings. The first-order chi connectivity index (χ1) is 15.2. The molecule has 2 amide bonds. The van der Waals surface area contributed by atoms with Gasteiger partial charge in [0.25, 0.3) is 5.91 Å². The summed E-state index contributed by atoms with van der Waals surface area (Å²) in [5.41, 5.74) is 0.430. The highest BCUT2D eigenvalue weighted by Gasteiger charge is 2.26. The molecule has 2 heterocycles. The second kappa shape index (κ2) is 10.2. The van der Waals surface area contributed by atoms with Gasteiger partial charge in [0.1, 0.15) is 22.9 Å². The quantitative estimate of drug-likeness (QED) is 0.734. The monoisotopic (exact) mass is 442 g/mol. The van der Waals surface area contributed by atoms with Crippen LogP contribution in [0, 0.1) is 0 Å². The number of nitrogens with one attached hydrogen (secondary N) is 1. The van der Waals surface area contributed by atoms with E-state index in [0.717, 1.165) is 11.4 Å². The van der Waals surface area contributed by atoms with Crippen LogP contribution in [0.4, 0.5) is 16.3 Å². The van der Waals surface area contributed by atoms with Gasteiger partial charge in [0.2, 0.25) is 0 Å². The van der Waals surface area contributed by atoms with E-state index in [2.05, 4.69) is 15.2 Å². The molecule has 9 heteroatoms. The van der Waals surface area contributed by atoms with E-state index in [1.54, 1.807) is 48.5 Å². The van der Waals surface area contributed by atoms with Gasteiger partial charge in [0, 0.05) is 26.2 Å². The van der Waals surface area contributed by atoms with E-state index in [1.807, 2.05) is 26.8 Å². The van der Waals surface area contributed by atoms with Crippen molar-refractivity contribution in [3.63, 3.8) is 0 Å². The molecule has 0 bridgehead atoms. The highest BCUT2D eigenvalue weighted by molar-refractivity contribution is 5.91. The smallest absolute Gasteiger partial charge is 0.410 e. The average molecular weight is 443 g/mol. The number of ether oxygens (including phenoxy) is 3. The highest BCUT2D eigenvalue weighted by atomic mass is 16.6. The third-order valence-electron chi connectivity index (χ3n) is 4.74. The fourth-order valence-corrected chi connectivity index (χ4v) is 3.12. The Morgan fingerprint density at radius 2 is 1.66 bits per heavy atom. The summed E-state index contributed by atoms with van der Waals surface area (Å²) in [7, 11) is 1.59. The zero-order chi connectivity index (χ0) is 23.1. The third kappa shape index (κ3) is 6.76. The van der Waals surface area contributed by atoms with Crippen molar-refractivity contribution < 1.29 is 23.8 Å². The summed E-state index contributed by atoms with van der Waals surface area (Å²) in [6.45, 7) is 7.98. The fraction of sp³-hybridized carbons (Fsp3) is 0.435. The van der Waals surface area contributed by atoms with Gasteiger partial charge in [-0.2, -0.15) is 0 Å². The second-order valence-corrected chi connectivity index (χ2v) is 8.37. The second-order valence-electron chi connectivity index (χ2n) is 8.37. The molecule has 1 fully saturated rings. The van der Waals surface area contributed by atoms with Gasteiger partial charge in [-0.25, -0.2) is 9.78 Å². The van der Waals surface area contributed by atoms with Crippen molar-refractivity contribution in [3.05, 3.63) is 42.6 Å². The first-order valence-corrected chi connectivity index (χ1v) is 10.5. The van der Waals surface area contributed by atoms with Crippen LogP contribution in [0.15, 0.2) is 42.6 Å². The fourth-order valence-electron chi connectivity index (χ4n) is 3.12. The van der Waals surface area contributed by atoms with Crippen molar-refractivity contribution in [2.75, 3.05) is 50.1 Å². The van der Waals surface area contributed by atoms with Crippen LogP contribution in [0.3, 0.4) is 0 Å². The van der Waals surface area contributed by atoms with Gasteiger partial charge in [-0.15, -0.1) is 0 Å². The van der Waals surface area contributed by atoms with E-state index in [0.29, 0.717) is 37.7 Å². The molecule has 0 unspecified atom stereocenters. The van der Waals surface area contributed by atoms with Crippen molar-refractivity contribution in [3.8, 4) is 11.5 Å². The maximum absolute atomic E-state index is 12.2. The van der Waals surface area contributed by atoms with Gasteiger partial charge in [0.15, 0.2) is 6.61 Å². The summed E-state index contributed by atoms with van der Waals surface area (Å²) >= 11 is 0. The molecule has 0 atom stereocenters. The summed E-state index contributed by atoms with van der Waals surface area (Å²) in [4.78, 5) is 32.5. The molecule has 2 aromatic rings. The van der Waals surface area contributed by atoms with Crippen LogP contribution in [-0.2, 0) is 9.53 Å². The Morgan fingerprint density at radius 1 is 1.00 bits per heavy atom. The Labute approximate surface area is 188 Å². The zero-order valence-corrected chi connectivity index (χ0v) is 19.0. The maximum Gasteiger partial charge on any atom is 0.410 e. The van der Waals surface area contributed by atoms with Crippen LogP contribution in [0.2, 0.25) is 0 Å². The molecular formula is C23H30N4O5. The number of hydrogen-bond acceptors (Lipinski definition) is 7. The molecule has 3 rings (SSSR count). The van der Waals surface area contributed by atoms with Gasteiger partial charge < -0.3 is 29.3 Å². The standard InChI is InChI=1S/C23H30N4O5/c1-23(2,3)32-22(29)27-13-11-26(12-14-27)17-5-10-20(24-15-17)25-21(28)16-31-19-8-6-18(30-4)7-9-19/h5-10,15H,11-14,16H2,1-4H3,(H,24,25,28). The SMILES string of the molecule is COc1ccc(OCC(=O)Nc2ccc(N3CCN(C(=O)OC(C)(C)C)CC3)cn2)cc1. The van der Waals surface area contributed by atoms with Gasteiger partial charge in [-0.05, 0) is 57.2 Å². The number of nitrogens with zero attached hydrogens (tertiary/aromatic N) is 3. The van der Waals surface area contributed by atoms with Crippen LogP contribution >= 0.6 is 0 Å². The minimum Gasteiger partial charge on any atom is -0.497 e. The lowest BCUT2D eigenvalue weighted by Gasteiger charge is -2.36. The lowest BCUT2D eigenvalue weighted by atomic mass is 10.2. The lowest BCUT2D eigenvalue weighted by molar-refractivity contribution is -0.118. The summed E-state index contributed by atoms with van der Waals surface area (Å²) in [5, 5.41) is 2.72. The Balaban J connectivity index is 1.44. The Hall–Kier alpha value is -3.49. The number of hydrogen-bond donors (Lipinski definition) is 1. The molecule has 0 saturated carbocycles. The number of carbonyl (C=O) groups excluding carboxylic acids is 2. The lowest BCUT2D eigenvalue weighted by Crippen LogP contribution is -2.50. The number of pyridine rings is 1. The average Bonchev–Trinajstić information content (AvgIpc) is 2.77. The molecule has 0 radical (unpaired) electrons. The molecule has 1 saturated heterocycles. The van der Waals surface area contributed by atoms with E-state index in [4.69, 9.17) is 14.2 Å². The summed E-state index contributed by atoms with van der Waals surface area (Å²) < 4.78 is 16.0. The Kier molecular flexibility index (Phi) is 7.40. The van der Waals surface area contributed by atoms with Gasteiger partial charge in [-0.1, -0.05) is 0 Å². The normalized spacial score (nSPS) is 14.0. The predicted octanol–water partition coefficient (Wildman–Crippen LogP) is 3.16. The minimum absolute atomic E-state index is 0.123. The van der Waals surface area contributed by atoms with E-state index in [9.17, 15) is 9.59 Å². The van der Waals surface area contributed by atoms with Crippen molar-refractivity contribution in [1.82, 2.24) is 9.88 Å². The number of amides is 2. The molecule has 0 aliphatic carbocycles. The van der Waals surface area contributed by atoms with E-state index < -0.39 is 5.60 Å². The van der Waals surface area contributed by atoms with Crippen molar-refractivity contribution in [2.45, 2.75) is 26.4 Å². The Bertz CT molecular complexity index is 901. The van der Waals surface area contributed by atoms with Crippen molar-refractivity contribution in [2.24, 2.45) is 0 Å². The van der Waals surface area contributed by atoms with E-state index in [-0.39, 0.29) is 18.6 Å². The predicted molar refractivity (Wildman–Crippen MR) is 121 cm³/mol. The van der Waals surface area contributed by atoms with Crippen LogP contribution in [-0.4, -0.2) is 67.4 Å². The molecule has 1 aliphatic heterocycles. The van der Waals surface area contributed by atoms with Crippen molar-refractivity contribution >= 4 is 23.5 Å². The third-order valence-corrected chi connectivity index (χ3v) is 4.74. The van der Waals surface area contributed by atoms with Crippen LogP contribution in [0.5, 0.6) is 11.5 Å². The molecule has 0 spiro atoms. The highest BCUT2D eigenvalue weighted by Crippen LogP contribution is 2.19. The molecular weight excluding hydrogens is 412 g/mol. The first kappa shape index (κ1) is 23.2.